The molecule has 0 radical (unpaired) electrons. The Morgan fingerprint density at radius 1 is 1.20 bits per heavy atom. The molecule has 0 unspecified atom stereocenters. The van der Waals surface area contributed by atoms with Crippen LogP contribution < -0.4 is 19.7 Å². The SMILES string of the molecule is COc1ncc(NC(=O)C2(c3ccccc3OC)CC2)c(N(C)C)n1. The van der Waals surface area contributed by atoms with Gasteiger partial charge in [0.25, 0.3) is 0 Å². The number of nitrogens with zero attached hydrogens (tertiary/aromatic N) is 3. The fraction of sp³-hybridized carbons (Fsp3) is 0.389. The maximum atomic E-state index is 13.0. The minimum absolute atomic E-state index is 0.0751. The summed E-state index contributed by atoms with van der Waals surface area (Å²) in [5.74, 6) is 1.25. The van der Waals surface area contributed by atoms with Gasteiger partial charge in [0.2, 0.25) is 5.91 Å². The van der Waals surface area contributed by atoms with Crippen LogP contribution in [0.3, 0.4) is 0 Å². The molecule has 0 bridgehead atoms. The molecule has 1 amide bonds. The largest absolute Gasteiger partial charge is 0.496 e. The van der Waals surface area contributed by atoms with E-state index < -0.39 is 5.41 Å². The summed E-state index contributed by atoms with van der Waals surface area (Å²) in [6, 6.07) is 7.91. The number of hydrogen-bond donors (Lipinski definition) is 1. The van der Waals surface area contributed by atoms with Crippen molar-refractivity contribution < 1.29 is 14.3 Å². The number of carbonyl (C=O) groups excluding carboxylic acids is 1. The summed E-state index contributed by atoms with van der Waals surface area (Å²) in [5, 5.41) is 2.98. The zero-order valence-electron chi connectivity index (χ0n) is 14.9. The number of rotatable bonds is 6. The summed E-state index contributed by atoms with van der Waals surface area (Å²) < 4.78 is 10.5. The minimum Gasteiger partial charge on any atom is -0.496 e. The highest BCUT2D eigenvalue weighted by Crippen LogP contribution is 2.52. The molecule has 0 saturated heterocycles. The van der Waals surface area contributed by atoms with Gasteiger partial charge >= 0.3 is 6.01 Å². The maximum absolute atomic E-state index is 13.0. The fourth-order valence-electron chi connectivity index (χ4n) is 2.91. The highest BCUT2D eigenvalue weighted by molar-refractivity contribution is 6.03. The van der Waals surface area contributed by atoms with Crippen LogP contribution in [-0.4, -0.2) is 44.2 Å². The van der Waals surface area contributed by atoms with E-state index >= 15 is 0 Å². The summed E-state index contributed by atoms with van der Waals surface area (Å²) in [5.41, 5.74) is 0.906. The number of ether oxygens (including phenoxy) is 2. The number of aromatic nitrogens is 2. The smallest absolute Gasteiger partial charge is 0.318 e. The van der Waals surface area contributed by atoms with E-state index in [-0.39, 0.29) is 11.9 Å². The van der Waals surface area contributed by atoms with Gasteiger partial charge in [-0.1, -0.05) is 18.2 Å². The molecule has 0 aliphatic heterocycles. The third kappa shape index (κ3) is 3.09. The maximum Gasteiger partial charge on any atom is 0.318 e. The van der Waals surface area contributed by atoms with Gasteiger partial charge in [-0.15, -0.1) is 0 Å². The van der Waals surface area contributed by atoms with Crippen molar-refractivity contribution in [2.45, 2.75) is 18.3 Å². The molecule has 1 aromatic heterocycles. The Bertz CT molecular complexity index is 788. The van der Waals surface area contributed by atoms with Gasteiger partial charge in [-0.3, -0.25) is 4.79 Å². The molecular formula is C18H22N4O3. The zero-order valence-corrected chi connectivity index (χ0v) is 14.9. The quantitative estimate of drug-likeness (QED) is 0.867. The van der Waals surface area contributed by atoms with Crippen molar-refractivity contribution in [3.05, 3.63) is 36.0 Å². The van der Waals surface area contributed by atoms with Gasteiger partial charge in [-0.2, -0.15) is 4.98 Å². The monoisotopic (exact) mass is 342 g/mol. The molecule has 132 valence electrons. The average molecular weight is 342 g/mol. The van der Waals surface area contributed by atoms with Crippen molar-refractivity contribution in [3.63, 3.8) is 0 Å². The lowest BCUT2D eigenvalue weighted by molar-refractivity contribution is -0.118. The molecule has 1 aromatic carbocycles. The van der Waals surface area contributed by atoms with Gasteiger partial charge in [0.15, 0.2) is 5.82 Å². The molecule has 1 aliphatic rings. The van der Waals surface area contributed by atoms with Crippen LogP contribution in [0.25, 0.3) is 0 Å². The molecule has 7 nitrogen and oxygen atoms in total. The highest BCUT2D eigenvalue weighted by atomic mass is 16.5. The fourth-order valence-corrected chi connectivity index (χ4v) is 2.91. The van der Waals surface area contributed by atoms with Crippen LogP contribution in [0.2, 0.25) is 0 Å². The van der Waals surface area contributed by atoms with Crippen LogP contribution in [0.4, 0.5) is 11.5 Å². The topological polar surface area (TPSA) is 76.6 Å². The third-order valence-corrected chi connectivity index (χ3v) is 4.41. The Kier molecular flexibility index (Phi) is 4.48. The molecule has 7 heteroatoms. The van der Waals surface area contributed by atoms with E-state index in [1.807, 2.05) is 43.3 Å². The average Bonchev–Trinajstić information content (AvgIpc) is 3.43. The Balaban J connectivity index is 1.90. The van der Waals surface area contributed by atoms with Crippen LogP contribution in [-0.2, 0) is 10.2 Å². The number of para-hydroxylation sites is 1. The summed E-state index contributed by atoms with van der Waals surface area (Å²) in [6.45, 7) is 0. The van der Waals surface area contributed by atoms with Crippen molar-refractivity contribution in [3.8, 4) is 11.8 Å². The van der Waals surface area contributed by atoms with Crippen molar-refractivity contribution in [1.82, 2.24) is 9.97 Å². The van der Waals surface area contributed by atoms with E-state index in [1.165, 1.54) is 7.11 Å². The molecular weight excluding hydrogens is 320 g/mol. The lowest BCUT2D eigenvalue weighted by atomic mass is 9.94. The summed E-state index contributed by atoms with van der Waals surface area (Å²) >= 11 is 0. The first kappa shape index (κ1) is 17.0. The van der Waals surface area contributed by atoms with Crippen molar-refractivity contribution in [1.29, 1.82) is 0 Å². The Morgan fingerprint density at radius 2 is 1.92 bits per heavy atom. The minimum atomic E-state index is -0.559. The Labute approximate surface area is 147 Å². The van der Waals surface area contributed by atoms with E-state index in [4.69, 9.17) is 9.47 Å². The number of hydrogen-bond acceptors (Lipinski definition) is 6. The van der Waals surface area contributed by atoms with Gasteiger partial charge in [-0.05, 0) is 18.9 Å². The first-order valence-corrected chi connectivity index (χ1v) is 8.05. The van der Waals surface area contributed by atoms with Crippen LogP contribution in [0.1, 0.15) is 18.4 Å². The van der Waals surface area contributed by atoms with Gasteiger partial charge in [0.05, 0.1) is 25.8 Å². The third-order valence-electron chi connectivity index (χ3n) is 4.41. The normalized spacial score (nSPS) is 14.6. The first-order valence-electron chi connectivity index (χ1n) is 8.05. The number of benzene rings is 1. The Hall–Kier alpha value is -2.83. The predicted molar refractivity (Wildman–Crippen MR) is 95.4 cm³/mol. The van der Waals surface area contributed by atoms with Gasteiger partial charge < -0.3 is 19.7 Å². The molecule has 1 saturated carbocycles. The van der Waals surface area contributed by atoms with E-state index in [0.29, 0.717) is 11.5 Å². The van der Waals surface area contributed by atoms with E-state index in [2.05, 4.69) is 15.3 Å². The number of amides is 1. The van der Waals surface area contributed by atoms with Crippen LogP contribution in [0.5, 0.6) is 11.8 Å². The van der Waals surface area contributed by atoms with E-state index in [1.54, 1.807) is 13.3 Å². The molecule has 25 heavy (non-hydrogen) atoms. The Morgan fingerprint density at radius 3 is 2.52 bits per heavy atom. The molecule has 0 atom stereocenters. The summed E-state index contributed by atoms with van der Waals surface area (Å²) in [6.07, 6.45) is 3.14. The molecule has 2 aromatic rings. The molecule has 1 fully saturated rings. The molecule has 1 aliphatic carbocycles. The van der Waals surface area contributed by atoms with E-state index in [9.17, 15) is 4.79 Å². The van der Waals surface area contributed by atoms with Crippen molar-refractivity contribution in [2.24, 2.45) is 0 Å². The molecule has 1 heterocycles. The van der Waals surface area contributed by atoms with Crippen LogP contribution in [0.15, 0.2) is 30.5 Å². The van der Waals surface area contributed by atoms with Gasteiger partial charge in [0, 0.05) is 19.7 Å². The molecule has 1 N–H and O–H groups in total. The first-order chi connectivity index (χ1) is 12.0. The van der Waals surface area contributed by atoms with Crippen LogP contribution in [0, 0.1) is 0 Å². The van der Waals surface area contributed by atoms with Crippen molar-refractivity contribution >= 4 is 17.4 Å². The number of methoxy groups -OCH3 is 2. The van der Waals surface area contributed by atoms with Gasteiger partial charge in [0.1, 0.15) is 11.4 Å². The molecule has 0 spiro atoms. The second-order valence-corrected chi connectivity index (χ2v) is 6.22. The van der Waals surface area contributed by atoms with Crippen molar-refractivity contribution in [2.75, 3.05) is 38.5 Å². The van der Waals surface area contributed by atoms with Gasteiger partial charge in [-0.25, -0.2) is 4.98 Å². The standard InChI is InChI=1S/C18H22N4O3/c1-22(2)15-13(11-19-17(21-15)25-4)20-16(23)18(9-10-18)12-7-5-6-8-14(12)24-3/h5-8,11H,9-10H2,1-4H3,(H,20,23). The zero-order chi connectivity index (χ0) is 18.0. The number of carbonyl (C=O) groups is 1. The second kappa shape index (κ2) is 6.58. The lowest BCUT2D eigenvalue weighted by Crippen LogP contribution is -2.29. The summed E-state index contributed by atoms with van der Waals surface area (Å²) in [4.78, 5) is 23.2. The molecule has 3 rings (SSSR count). The number of nitrogens with one attached hydrogen (secondary N) is 1. The summed E-state index contributed by atoms with van der Waals surface area (Å²) in [7, 11) is 6.83. The van der Waals surface area contributed by atoms with Crippen LogP contribution >= 0.6 is 0 Å². The number of anilines is 2. The highest BCUT2D eigenvalue weighted by Gasteiger charge is 2.53. The lowest BCUT2D eigenvalue weighted by Gasteiger charge is -2.21. The van der Waals surface area contributed by atoms with E-state index in [0.717, 1.165) is 24.2 Å². The second-order valence-electron chi connectivity index (χ2n) is 6.22. The predicted octanol–water partition coefficient (Wildman–Crippen LogP) is 2.23.